The third-order valence-electron chi connectivity index (χ3n) is 11.6. The molecule has 0 amide bonds. The smallest absolute Gasteiger partial charge is 0.137 e. The van der Waals surface area contributed by atoms with Crippen LogP contribution in [0.2, 0.25) is 0 Å². The number of hydrogen-bond acceptors (Lipinski definition) is 2. The van der Waals surface area contributed by atoms with Crippen LogP contribution in [0.1, 0.15) is 0 Å². The van der Waals surface area contributed by atoms with Gasteiger partial charge in [-0.2, -0.15) is 0 Å². The number of nitrogens with zero attached hydrogens (tertiary/aromatic N) is 2. The first kappa shape index (κ1) is 28.3. The van der Waals surface area contributed by atoms with Crippen LogP contribution in [0.3, 0.4) is 0 Å². The van der Waals surface area contributed by atoms with Crippen molar-refractivity contribution in [3.05, 3.63) is 170 Å². The van der Waals surface area contributed by atoms with Crippen LogP contribution in [0.15, 0.2) is 179 Å². The fourth-order valence-corrected chi connectivity index (χ4v) is 9.28. The molecule has 0 spiro atoms. The zero-order valence-corrected chi connectivity index (χ0v) is 28.9. The molecule has 0 aliphatic rings. The highest BCUT2D eigenvalue weighted by molar-refractivity contribution is 6.29. The predicted octanol–water partition coefficient (Wildman–Crippen LogP) is 14.0. The van der Waals surface area contributed by atoms with Crippen molar-refractivity contribution in [1.29, 1.82) is 0 Å². The number of furan rings is 2. The van der Waals surface area contributed by atoms with E-state index in [-0.39, 0.29) is 0 Å². The van der Waals surface area contributed by atoms with Gasteiger partial charge in [0.25, 0.3) is 0 Å². The molecule has 0 unspecified atom stereocenters. The van der Waals surface area contributed by atoms with E-state index in [0.717, 1.165) is 77.3 Å². The second-order valence-electron chi connectivity index (χ2n) is 14.5. The molecule has 0 saturated heterocycles. The minimum Gasteiger partial charge on any atom is -0.456 e. The lowest BCUT2D eigenvalue weighted by Gasteiger charge is -2.12. The summed E-state index contributed by atoms with van der Waals surface area (Å²) in [4.78, 5) is 0. The van der Waals surface area contributed by atoms with Gasteiger partial charge in [0, 0.05) is 43.7 Å². The lowest BCUT2D eigenvalue weighted by Crippen LogP contribution is -1.96. The summed E-state index contributed by atoms with van der Waals surface area (Å²) in [6.07, 6.45) is 0. The summed E-state index contributed by atoms with van der Waals surface area (Å²) >= 11 is 0. The zero-order chi connectivity index (χ0) is 35.1. The number of rotatable bonds is 2. The van der Waals surface area contributed by atoms with Crippen LogP contribution in [0.5, 0.6) is 0 Å². The van der Waals surface area contributed by atoms with E-state index in [1.165, 1.54) is 43.1 Å². The van der Waals surface area contributed by atoms with Crippen LogP contribution in [0.4, 0.5) is 0 Å². The van der Waals surface area contributed by atoms with E-state index in [2.05, 4.69) is 167 Å². The lowest BCUT2D eigenvalue weighted by atomic mass is 10.0. The SMILES string of the molecule is c1ccc2cc(-n3c4cc5c(cc4c4ccc6oc7ccccc7c6c43)c3ccc4oc6ccccc6c4c3n5-c3ccc4ccccc4c3)ccc2c1. The Labute approximate surface area is 307 Å². The van der Waals surface area contributed by atoms with Crippen LogP contribution in [-0.2, 0) is 0 Å². The van der Waals surface area contributed by atoms with Crippen molar-refractivity contribution in [1.82, 2.24) is 9.13 Å². The van der Waals surface area contributed by atoms with Crippen molar-refractivity contribution in [2.45, 2.75) is 0 Å². The van der Waals surface area contributed by atoms with Gasteiger partial charge in [-0.05, 0) is 94.3 Å². The zero-order valence-electron chi connectivity index (χ0n) is 28.9. The largest absolute Gasteiger partial charge is 0.456 e. The number of para-hydroxylation sites is 2. The van der Waals surface area contributed by atoms with Crippen molar-refractivity contribution >= 4 is 109 Å². The maximum atomic E-state index is 6.49. The van der Waals surface area contributed by atoms with Crippen LogP contribution < -0.4 is 0 Å². The number of aromatic nitrogens is 2. The van der Waals surface area contributed by atoms with Gasteiger partial charge < -0.3 is 18.0 Å². The molecule has 4 nitrogen and oxygen atoms in total. The van der Waals surface area contributed by atoms with Crippen molar-refractivity contribution in [2.75, 3.05) is 0 Å². The third-order valence-corrected chi connectivity index (χ3v) is 11.6. The van der Waals surface area contributed by atoms with Gasteiger partial charge in [0.15, 0.2) is 0 Å². The summed E-state index contributed by atoms with van der Waals surface area (Å²) in [7, 11) is 0. The third kappa shape index (κ3) is 3.66. The van der Waals surface area contributed by atoms with E-state index in [9.17, 15) is 0 Å². The Kier molecular flexibility index (Phi) is 5.34. The molecular formula is C50H28N2O2. The molecule has 13 aromatic rings. The lowest BCUT2D eigenvalue weighted by molar-refractivity contribution is 0.669. The average Bonchev–Trinajstić information content (AvgIpc) is 3.96. The summed E-state index contributed by atoms with van der Waals surface area (Å²) in [5, 5.41) is 14.1. The maximum absolute atomic E-state index is 6.49. The Hall–Kier alpha value is -7.30. The highest BCUT2D eigenvalue weighted by atomic mass is 16.3. The summed E-state index contributed by atoms with van der Waals surface area (Å²) in [5.74, 6) is 0. The first-order chi connectivity index (χ1) is 26.8. The summed E-state index contributed by atoms with van der Waals surface area (Å²) < 4.78 is 17.9. The molecular weight excluding hydrogens is 661 g/mol. The number of benzene rings is 9. The van der Waals surface area contributed by atoms with Gasteiger partial charge in [0.05, 0.1) is 32.8 Å². The van der Waals surface area contributed by atoms with E-state index in [4.69, 9.17) is 8.83 Å². The molecule has 0 bridgehead atoms. The van der Waals surface area contributed by atoms with Gasteiger partial charge in [-0.3, -0.25) is 0 Å². The highest BCUT2D eigenvalue weighted by Crippen LogP contribution is 2.46. The van der Waals surface area contributed by atoms with Crippen LogP contribution in [-0.4, -0.2) is 9.13 Å². The molecule has 0 atom stereocenters. The normalized spacial score (nSPS) is 12.4. The average molecular weight is 689 g/mol. The van der Waals surface area contributed by atoms with Crippen LogP contribution >= 0.6 is 0 Å². The second-order valence-corrected chi connectivity index (χ2v) is 14.5. The van der Waals surface area contributed by atoms with Gasteiger partial charge >= 0.3 is 0 Å². The molecule has 0 radical (unpaired) electrons. The molecule has 0 fully saturated rings. The Morgan fingerprint density at radius 2 is 0.741 bits per heavy atom. The first-order valence-corrected chi connectivity index (χ1v) is 18.4. The fourth-order valence-electron chi connectivity index (χ4n) is 9.28. The molecule has 0 aliphatic carbocycles. The van der Waals surface area contributed by atoms with Gasteiger partial charge in [-0.25, -0.2) is 0 Å². The van der Waals surface area contributed by atoms with Gasteiger partial charge in [-0.1, -0.05) is 97.1 Å². The standard InChI is InChI=1S/C50H28N2O2/c1-3-11-31-25-33(19-17-29(31)9-1)51-41-28-42-40(27-39(41)35-21-23-45-47(49(35)51)37-13-5-7-15-43(37)53-45)36-22-24-46-48(38-14-6-8-16-44(38)54-46)50(36)52(42)34-20-18-30-10-2-4-12-32(30)26-34/h1-28H. The molecule has 9 aromatic carbocycles. The van der Waals surface area contributed by atoms with Gasteiger partial charge in [0.2, 0.25) is 0 Å². The Bertz CT molecular complexity index is 3500. The van der Waals surface area contributed by atoms with E-state index < -0.39 is 0 Å². The Morgan fingerprint density at radius 1 is 0.296 bits per heavy atom. The van der Waals surface area contributed by atoms with E-state index in [0.29, 0.717) is 0 Å². The fraction of sp³-hybridized carbons (Fsp3) is 0. The van der Waals surface area contributed by atoms with Crippen molar-refractivity contribution in [2.24, 2.45) is 0 Å². The second kappa shape index (κ2) is 10.2. The van der Waals surface area contributed by atoms with Crippen LogP contribution in [0.25, 0.3) is 120 Å². The van der Waals surface area contributed by atoms with Crippen molar-refractivity contribution < 1.29 is 8.83 Å². The quantitative estimate of drug-likeness (QED) is 0.181. The van der Waals surface area contributed by atoms with Crippen molar-refractivity contribution in [3.63, 3.8) is 0 Å². The highest BCUT2D eigenvalue weighted by Gasteiger charge is 2.24. The Morgan fingerprint density at radius 3 is 1.24 bits per heavy atom. The predicted molar refractivity (Wildman–Crippen MR) is 225 cm³/mol. The van der Waals surface area contributed by atoms with Crippen LogP contribution in [0, 0.1) is 0 Å². The molecule has 0 aliphatic heterocycles. The molecule has 4 heterocycles. The van der Waals surface area contributed by atoms with Gasteiger partial charge in [-0.15, -0.1) is 0 Å². The summed E-state index contributed by atoms with van der Waals surface area (Å²) in [5.41, 5.74) is 10.4. The van der Waals surface area contributed by atoms with E-state index in [1.807, 2.05) is 12.1 Å². The minimum atomic E-state index is 0.887. The summed E-state index contributed by atoms with van der Waals surface area (Å²) in [6.45, 7) is 0. The van der Waals surface area contributed by atoms with Gasteiger partial charge in [0.1, 0.15) is 22.3 Å². The molecule has 0 N–H and O–H groups in total. The maximum Gasteiger partial charge on any atom is 0.137 e. The monoisotopic (exact) mass is 688 g/mol. The molecule has 54 heavy (non-hydrogen) atoms. The Balaban J connectivity index is 1.26. The van der Waals surface area contributed by atoms with E-state index >= 15 is 0 Å². The summed E-state index contributed by atoms with van der Waals surface area (Å²) in [6, 6.07) is 61.2. The topological polar surface area (TPSA) is 36.1 Å². The molecule has 4 aromatic heterocycles. The first-order valence-electron chi connectivity index (χ1n) is 18.4. The molecule has 250 valence electrons. The number of fused-ring (bicyclic) bond motifs is 16. The molecule has 0 saturated carbocycles. The molecule has 4 heteroatoms. The minimum absolute atomic E-state index is 0.887. The van der Waals surface area contributed by atoms with E-state index in [1.54, 1.807) is 0 Å². The number of hydrogen-bond donors (Lipinski definition) is 0. The molecule has 13 rings (SSSR count). The van der Waals surface area contributed by atoms with Crippen molar-refractivity contribution in [3.8, 4) is 11.4 Å².